The number of nitriles is 1. The summed E-state index contributed by atoms with van der Waals surface area (Å²) in [4.78, 5) is 1.71. The van der Waals surface area contributed by atoms with Crippen LogP contribution in [0.3, 0.4) is 0 Å². The zero-order valence-electron chi connectivity index (χ0n) is 9.66. The van der Waals surface area contributed by atoms with Crippen LogP contribution >= 0.6 is 0 Å². The van der Waals surface area contributed by atoms with Gasteiger partial charge < -0.3 is 10.0 Å². The fourth-order valence-electron chi connectivity index (χ4n) is 1.53. The van der Waals surface area contributed by atoms with Crippen LogP contribution < -0.4 is 4.90 Å². The molecule has 1 N–H and O–H groups in total. The summed E-state index contributed by atoms with van der Waals surface area (Å²) in [6.07, 6.45) is 0. The molecule has 0 aliphatic heterocycles. The molecule has 1 rings (SSSR count). The molecule has 0 aromatic heterocycles. The van der Waals surface area contributed by atoms with E-state index in [-0.39, 0.29) is 5.56 Å². The number of halogens is 1. The first-order valence-electron chi connectivity index (χ1n) is 4.96. The maximum absolute atomic E-state index is 13.2. The Balaban J connectivity index is 2.96. The molecular weight excluding hydrogens is 207 g/mol. The second-order valence-corrected chi connectivity index (χ2v) is 4.48. The number of benzene rings is 1. The molecule has 16 heavy (non-hydrogen) atoms. The second-order valence-electron chi connectivity index (χ2n) is 4.48. The van der Waals surface area contributed by atoms with Gasteiger partial charge in [0, 0.05) is 19.3 Å². The number of hydrogen-bond donors (Lipinski definition) is 1. The predicted octanol–water partition coefficient (Wildman–Crippen LogP) is 1.90. The van der Waals surface area contributed by atoms with Gasteiger partial charge in [0.05, 0.1) is 17.2 Å². The fourth-order valence-corrected chi connectivity index (χ4v) is 1.53. The fraction of sp³-hybridized carbons (Fsp3) is 0.417. The first-order valence-corrected chi connectivity index (χ1v) is 4.96. The summed E-state index contributed by atoms with van der Waals surface area (Å²) in [7, 11) is 1.74. The van der Waals surface area contributed by atoms with Crippen LogP contribution in [0.15, 0.2) is 18.2 Å². The van der Waals surface area contributed by atoms with Gasteiger partial charge in [-0.15, -0.1) is 0 Å². The van der Waals surface area contributed by atoms with Crippen LogP contribution in [0.2, 0.25) is 0 Å². The zero-order valence-corrected chi connectivity index (χ0v) is 9.66. The first-order chi connectivity index (χ1) is 7.31. The number of nitrogens with zero attached hydrogens (tertiary/aromatic N) is 2. The van der Waals surface area contributed by atoms with Gasteiger partial charge in [-0.3, -0.25) is 0 Å². The summed E-state index contributed by atoms with van der Waals surface area (Å²) >= 11 is 0. The van der Waals surface area contributed by atoms with Crippen molar-refractivity contribution < 1.29 is 9.50 Å². The van der Waals surface area contributed by atoms with Gasteiger partial charge >= 0.3 is 0 Å². The van der Waals surface area contributed by atoms with Gasteiger partial charge in [0.15, 0.2) is 0 Å². The molecule has 4 heteroatoms. The van der Waals surface area contributed by atoms with Crippen molar-refractivity contribution in [1.82, 2.24) is 0 Å². The molecular formula is C12H15FN2O. The number of anilines is 1. The highest BCUT2D eigenvalue weighted by atomic mass is 19.1. The van der Waals surface area contributed by atoms with E-state index in [1.165, 1.54) is 12.1 Å². The molecule has 1 aromatic carbocycles. The van der Waals surface area contributed by atoms with Crippen molar-refractivity contribution in [2.75, 3.05) is 18.5 Å². The van der Waals surface area contributed by atoms with Gasteiger partial charge in [-0.05, 0) is 32.0 Å². The quantitative estimate of drug-likeness (QED) is 0.849. The van der Waals surface area contributed by atoms with Crippen LogP contribution in [0.1, 0.15) is 19.4 Å². The molecule has 1 aromatic rings. The Morgan fingerprint density at radius 2 is 2.06 bits per heavy atom. The van der Waals surface area contributed by atoms with Crippen molar-refractivity contribution in [3.8, 4) is 6.07 Å². The minimum atomic E-state index is -0.867. The Hall–Kier alpha value is -1.60. The highest BCUT2D eigenvalue weighted by molar-refractivity contribution is 5.51. The van der Waals surface area contributed by atoms with Crippen molar-refractivity contribution in [3.05, 3.63) is 29.6 Å². The van der Waals surface area contributed by atoms with E-state index in [1.807, 2.05) is 6.07 Å². The van der Waals surface area contributed by atoms with Crippen molar-refractivity contribution in [1.29, 1.82) is 5.26 Å². The summed E-state index contributed by atoms with van der Waals surface area (Å²) in [5.41, 5.74) is -0.00953. The van der Waals surface area contributed by atoms with Gasteiger partial charge in [0.2, 0.25) is 0 Å². The molecule has 0 saturated heterocycles. The van der Waals surface area contributed by atoms with Gasteiger partial charge in [-0.1, -0.05) is 0 Å². The zero-order chi connectivity index (χ0) is 12.3. The lowest BCUT2D eigenvalue weighted by atomic mass is 10.1. The maximum Gasteiger partial charge on any atom is 0.126 e. The average molecular weight is 222 g/mol. The maximum atomic E-state index is 13.2. The van der Waals surface area contributed by atoms with Crippen molar-refractivity contribution in [2.24, 2.45) is 0 Å². The van der Waals surface area contributed by atoms with Crippen molar-refractivity contribution in [2.45, 2.75) is 19.4 Å². The Morgan fingerprint density at radius 1 is 1.44 bits per heavy atom. The molecule has 0 radical (unpaired) electrons. The highest BCUT2D eigenvalue weighted by Crippen LogP contribution is 2.19. The Kier molecular flexibility index (Phi) is 3.51. The van der Waals surface area contributed by atoms with Crippen LogP contribution in [0.5, 0.6) is 0 Å². The van der Waals surface area contributed by atoms with E-state index in [1.54, 1.807) is 31.9 Å². The van der Waals surface area contributed by atoms with E-state index >= 15 is 0 Å². The van der Waals surface area contributed by atoms with Crippen LogP contribution in [0.25, 0.3) is 0 Å². The molecule has 0 aliphatic rings. The van der Waals surface area contributed by atoms with E-state index in [0.29, 0.717) is 12.2 Å². The van der Waals surface area contributed by atoms with E-state index in [4.69, 9.17) is 5.26 Å². The molecule has 0 saturated carbocycles. The van der Waals surface area contributed by atoms with Gasteiger partial charge in [-0.2, -0.15) is 5.26 Å². The largest absolute Gasteiger partial charge is 0.389 e. The van der Waals surface area contributed by atoms with Crippen molar-refractivity contribution in [3.63, 3.8) is 0 Å². The molecule has 0 spiro atoms. The monoisotopic (exact) mass is 222 g/mol. The topological polar surface area (TPSA) is 47.3 Å². The molecule has 0 unspecified atom stereocenters. The summed E-state index contributed by atoms with van der Waals surface area (Å²) in [5, 5.41) is 18.4. The van der Waals surface area contributed by atoms with E-state index in [0.717, 1.165) is 0 Å². The van der Waals surface area contributed by atoms with E-state index in [2.05, 4.69) is 0 Å². The van der Waals surface area contributed by atoms with E-state index < -0.39 is 11.4 Å². The van der Waals surface area contributed by atoms with Crippen LogP contribution in [0, 0.1) is 17.1 Å². The first kappa shape index (κ1) is 12.5. The number of rotatable bonds is 3. The molecule has 0 atom stereocenters. The summed E-state index contributed by atoms with van der Waals surface area (Å²) in [5.74, 6) is -0.448. The molecule has 0 amide bonds. The Morgan fingerprint density at radius 3 is 2.56 bits per heavy atom. The number of aliphatic hydroxyl groups is 1. The average Bonchev–Trinajstić information content (AvgIpc) is 2.14. The standard InChI is InChI=1S/C12H15FN2O/c1-12(2,16)8-15(3)11-5-9(7-14)4-10(13)6-11/h4-6,16H,8H2,1-3H3. The molecule has 86 valence electrons. The third-order valence-electron chi connectivity index (χ3n) is 2.08. The lowest BCUT2D eigenvalue weighted by Gasteiger charge is -2.27. The van der Waals surface area contributed by atoms with E-state index in [9.17, 15) is 9.50 Å². The van der Waals surface area contributed by atoms with Gasteiger partial charge in [-0.25, -0.2) is 4.39 Å². The predicted molar refractivity (Wildman–Crippen MR) is 60.7 cm³/mol. The summed E-state index contributed by atoms with van der Waals surface area (Å²) < 4.78 is 13.2. The Labute approximate surface area is 94.7 Å². The molecule has 3 nitrogen and oxygen atoms in total. The highest BCUT2D eigenvalue weighted by Gasteiger charge is 2.16. The molecule has 0 bridgehead atoms. The summed E-state index contributed by atoms with van der Waals surface area (Å²) in [6.45, 7) is 3.71. The third kappa shape index (κ3) is 3.52. The third-order valence-corrected chi connectivity index (χ3v) is 2.08. The minimum absolute atomic E-state index is 0.276. The SMILES string of the molecule is CN(CC(C)(C)O)c1cc(F)cc(C#N)c1. The van der Waals surface area contributed by atoms with Crippen LogP contribution in [-0.2, 0) is 0 Å². The second kappa shape index (κ2) is 4.50. The number of hydrogen-bond acceptors (Lipinski definition) is 3. The van der Waals surface area contributed by atoms with Crippen LogP contribution in [-0.4, -0.2) is 24.3 Å². The van der Waals surface area contributed by atoms with Gasteiger partial charge in [0.25, 0.3) is 0 Å². The van der Waals surface area contributed by atoms with Gasteiger partial charge in [0.1, 0.15) is 5.82 Å². The Bertz CT molecular complexity index is 418. The molecule has 0 heterocycles. The smallest absolute Gasteiger partial charge is 0.126 e. The lowest BCUT2D eigenvalue weighted by Crippen LogP contribution is -2.36. The molecule has 0 fully saturated rings. The minimum Gasteiger partial charge on any atom is -0.389 e. The number of likely N-dealkylation sites (N-methyl/N-ethyl adjacent to an activating group) is 1. The summed E-state index contributed by atoms with van der Waals surface area (Å²) in [6, 6.07) is 6.01. The van der Waals surface area contributed by atoms with Crippen LogP contribution in [0.4, 0.5) is 10.1 Å². The van der Waals surface area contributed by atoms with Crippen molar-refractivity contribution >= 4 is 5.69 Å². The lowest BCUT2D eigenvalue weighted by molar-refractivity contribution is 0.0886. The normalized spacial score (nSPS) is 11.0. The molecule has 0 aliphatic carbocycles.